The molecule has 12 nitrogen and oxygen atoms in total. The van der Waals surface area contributed by atoms with Gasteiger partial charge in [0.2, 0.25) is 35.5 Å². The van der Waals surface area contributed by atoms with Crippen LogP contribution >= 0.6 is 11.6 Å². The van der Waals surface area contributed by atoms with E-state index in [0.717, 1.165) is 27.7 Å². The van der Waals surface area contributed by atoms with Gasteiger partial charge in [0, 0.05) is 57.5 Å². The second kappa shape index (κ2) is 17.4. The number of rotatable bonds is 6. The summed E-state index contributed by atoms with van der Waals surface area (Å²) in [4.78, 5) is 40.2. The minimum atomic E-state index is -0.838. The normalized spacial score (nSPS) is 17.6. The van der Waals surface area contributed by atoms with Crippen molar-refractivity contribution in [1.82, 2.24) is 19.9 Å². The Bertz CT molecular complexity index is 2700. The molecule has 0 saturated carbocycles. The lowest BCUT2D eigenvalue weighted by atomic mass is 9.70. The molecule has 4 aromatic heterocycles. The van der Waals surface area contributed by atoms with Crippen LogP contribution < -0.4 is 26.4 Å². The van der Waals surface area contributed by atoms with E-state index in [4.69, 9.17) is 41.9 Å². The van der Waals surface area contributed by atoms with Crippen LogP contribution in [-0.2, 0) is 18.9 Å². The number of para-hydroxylation sites is 2. The van der Waals surface area contributed by atoms with Gasteiger partial charge in [-0.1, -0.05) is 87.8 Å². The van der Waals surface area contributed by atoms with Gasteiger partial charge >= 0.3 is 7.12 Å². The first-order chi connectivity index (χ1) is 30.1. The zero-order chi connectivity index (χ0) is 46.4. The number of hydrogen-bond acceptors (Lipinski definition) is 10. The molecule has 2 amide bonds. The molecule has 330 valence electrons. The first kappa shape index (κ1) is 45.7. The highest BCUT2D eigenvalue weighted by Crippen LogP contribution is 2.53. The van der Waals surface area contributed by atoms with Crippen LogP contribution in [0.15, 0.2) is 109 Å². The maximum absolute atomic E-state index is 13.1. The number of fused-ring (bicyclic) bond motifs is 4. The van der Waals surface area contributed by atoms with Crippen LogP contribution in [0, 0.1) is 22.7 Å². The zero-order valence-corrected chi connectivity index (χ0v) is 37.4. The third kappa shape index (κ3) is 8.92. The monoisotopic (exact) mass is 888 g/mol. The fourth-order valence-corrected chi connectivity index (χ4v) is 7.82. The molecule has 7 heterocycles. The van der Waals surface area contributed by atoms with Gasteiger partial charge in [-0.15, -0.1) is 0 Å². The number of benzene rings is 2. The third-order valence-electron chi connectivity index (χ3n) is 12.3. The molecule has 64 heavy (non-hydrogen) atoms. The molecule has 2 atom stereocenters. The van der Waals surface area contributed by atoms with Crippen molar-refractivity contribution in [2.75, 3.05) is 0 Å². The Morgan fingerprint density at radius 2 is 1.09 bits per heavy atom. The lowest BCUT2D eigenvalue weighted by Gasteiger charge is -2.36. The number of nitrogens with two attached hydrogens (primary N) is 2. The summed E-state index contributed by atoms with van der Waals surface area (Å²) in [5.41, 5.74) is 14.4. The lowest BCUT2D eigenvalue weighted by molar-refractivity contribution is -0.127. The zero-order valence-electron chi connectivity index (χ0n) is 36.7. The van der Waals surface area contributed by atoms with Crippen molar-refractivity contribution in [3.63, 3.8) is 0 Å². The molecule has 0 radical (unpaired) electrons. The Hall–Kier alpha value is -6.29. The molecule has 1 saturated heterocycles. The number of nitrogens with zero attached hydrogens (tertiary/aromatic N) is 4. The fraction of sp³-hybridized carbons (Fsp3) is 0.292. The number of halogens is 3. The maximum Gasteiger partial charge on any atom is 0.496 e. The first-order valence-electron chi connectivity index (χ1n) is 20.5. The van der Waals surface area contributed by atoms with Crippen molar-refractivity contribution < 1.29 is 37.2 Å². The highest BCUT2D eigenvalue weighted by Gasteiger charge is 2.52. The molecule has 2 aromatic carbocycles. The van der Waals surface area contributed by atoms with E-state index in [9.17, 15) is 18.4 Å². The van der Waals surface area contributed by atoms with E-state index in [1.54, 1.807) is 18.2 Å². The third-order valence-corrected chi connectivity index (χ3v) is 12.5. The standard InChI is InChI=1S/C21H18FN3O2.C16H15ClN2O2.C11H15BFNO2/c1-21(2,20(23)26)18-13-5-3-4-6-16(13)27-19-14(18)8-9-15(25-19)12-7-10-17(22)24-11-12;1-16(2,15(18)20)13-9-5-3-4-6-11(9)21-14-10(13)7-8-12(17)19-14;1-10(2)11(3,4)16-12(15-10)8-5-6-9(13)14-7-8/h3-11,18H,1-2H3,(H2,23,26);3-8,13H,1-2H3,(H2,18,20);5-7H,1-4H3/t18-;13-;/m00./s1. The van der Waals surface area contributed by atoms with Crippen molar-refractivity contribution in [1.29, 1.82) is 0 Å². The van der Waals surface area contributed by atoms with Gasteiger partial charge in [0.25, 0.3) is 0 Å². The molecule has 3 aliphatic heterocycles. The number of pyridine rings is 4. The summed E-state index contributed by atoms with van der Waals surface area (Å²) in [7, 11) is -0.474. The van der Waals surface area contributed by atoms with Gasteiger partial charge in [-0.25, -0.2) is 19.9 Å². The van der Waals surface area contributed by atoms with E-state index in [-0.39, 0.29) is 28.9 Å². The lowest BCUT2D eigenvalue weighted by Crippen LogP contribution is -2.41. The smallest absolute Gasteiger partial charge is 0.438 e. The number of aromatic nitrogens is 4. The summed E-state index contributed by atoms with van der Waals surface area (Å²) in [5.74, 6) is -0.166. The van der Waals surface area contributed by atoms with E-state index in [2.05, 4.69) is 19.9 Å². The summed E-state index contributed by atoms with van der Waals surface area (Å²) in [6.07, 6.45) is 2.86. The van der Waals surface area contributed by atoms with Gasteiger partial charge in [0.15, 0.2) is 0 Å². The Labute approximate surface area is 375 Å². The summed E-state index contributed by atoms with van der Waals surface area (Å²) in [5, 5.41) is 0.351. The molecule has 0 spiro atoms. The molecule has 16 heteroatoms. The van der Waals surface area contributed by atoms with Crippen LogP contribution in [0.25, 0.3) is 11.3 Å². The Morgan fingerprint density at radius 3 is 1.56 bits per heavy atom. The van der Waals surface area contributed by atoms with Crippen LogP contribution in [0.3, 0.4) is 0 Å². The first-order valence-corrected chi connectivity index (χ1v) is 20.9. The van der Waals surface area contributed by atoms with Gasteiger partial charge in [-0.2, -0.15) is 8.78 Å². The van der Waals surface area contributed by atoms with Crippen molar-refractivity contribution in [3.05, 3.63) is 149 Å². The van der Waals surface area contributed by atoms with Crippen LogP contribution in [-0.4, -0.2) is 50.1 Å². The molecule has 4 N–H and O–H groups in total. The van der Waals surface area contributed by atoms with E-state index < -0.39 is 35.8 Å². The second-order valence-electron chi connectivity index (χ2n) is 17.8. The van der Waals surface area contributed by atoms with E-state index in [1.165, 1.54) is 24.5 Å². The van der Waals surface area contributed by atoms with Gasteiger partial charge in [0.05, 0.1) is 27.7 Å². The topological polar surface area (TPSA) is 175 Å². The average Bonchev–Trinajstić information content (AvgIpc) is 3.47. The molecule has 9 rings (SSSR count). The van der Waals surface area contributed by atoms with Crippen LogP contribution in [0.5, 0.6) is 23.3 Å². The van der Waals surface area contributed by atoms with Gasteiger partial charge in [-0.3, -0.25) is 9.59 Å². The van der Waals surface area contributed by atoms with Crippen molar-refractivity contribution in [2.45, 2.75) is 78.4 Å². The van der Waals surface area contributed by atoms with Crippen molar-refractivity contribution in [2.24, 2.45) is 22.3 Å². The molecular weight excluding hydrogens is 841 g/mol. The molecule has 3 aliphatic rings. The Kier molecular flexibility index (Phi) is 12.4. The second-order valence-corrected chi connectivity index (χ2v) is 18.2. The number of ether oxygens (including phenoxy) is 2. The molecule has 1 fully saturated rings. The molecule has 0 unspecified atom stereocenters. The van der Waals surface area contributed by atoms with Gasteiger partial charge in [0.1, 0.15) is 16.7 Å². The summed E-state index contributed by atoms with van der Waals surface area (Å²) < 4.78 is 49.2. The SMILES string of the molecule is CC(C)(C(N)=O)[C@H]1c2ccccc2Oc2nc(-c3ccc(F)nc3)ccc21.CC(C)(C(N)=O)[C@H]1c2ccccc2Oc2nc(Cl)ccc21.CC1(C)OB(c2ccc(F)nc2)OC1(C)C. The van der Waals surface area contributed by atoms with E-state index in [1.807, 2.05) is 122 Å². The van der Waals surface area contributed by atoms with Crippen LogP contribution in [0.4, 0.5) is 8.78 Å². The fourth-order valence-electron chi connectivity index (χ4n) is 7.68. The molecular formula is C48H48BClF2N6O6. The quantitative estimate of drug-likeness (QED) is 0.121. The number of hydrogen-bond donors (Lipinski definition) is 2. The van der Waals surface area contributed by atoms with Crippen molar-refractivity contribution in [3.8, 4) is 34.5 Å². The predicted molar refractivity (Wildman–Crippen MR) is 239 cm³/mol. The summed E-state index contributed by atoms with van der Waals surface area (Å²) in [6.45, 7) is 15.2. The Morgan fingerprint density at radius 1 is 0.625 bits per heavy atom. The predicted octanol–water partition coefficient (Wildman–Crippen LogP) is 9.04. The minimum Gasteiger partial charge on any atom is -0.438 e. The molecule has 6 aromatic rings. The van der Waals surface area contributed by atoms with Gasteiger partial charge in [-0.05, 0) is 76.2 Å². The number of amides is 2. The highest BCUT2D eigenvalue weighted by atomic mass is 35.5. The molecule has 0 aliphatic carbocycles. The van der Waals surface area contributed by atoms with Crippen LogP contribution in [0.1, 0.15) is 89.5 Å². The largest absolute Gasteiger partial charge is 0.496 e. The average molecular weight is 889 g/mol. The van der Waals surface area contributed by atoms with Gasteiger partial charge < -0.3 is 30.2 Å². The number of primary amides is 2. The molecule has 0 bridgehead atoms. The van der Waals surface area contributed by atoms with Crippen molar-refractivity contribution >= 4 is 36.0 Å². The maximum atomic E-state index is 13.1. The van der Waals surface area contributed by atoms with E-state index in [0.29, 0.717) is 39.7 Å². The highest BCUT2D eigenvalue weighted by molar-refractivity contribution is 6.62. The van der Waals surface area contributed by atoms with E-state index >= 15 is 0 Å². The summed E-state index contributed by atoms with van der Waals surface area (Å²) in [6, 6.07) is 28.2. The Balaban J connectivity index is 0.000000149. The summed E-state index contributed by atoms with van der Waals surface area (Å²) >= 11 is 5.95. The number of carbonyl (C=O) groups excluding carboxylic acids is 2. The van der Waals surface area contributed by atoms with Crippen LogP contribution in [0.2, 0.25) is 5.15 Å². The number of carbonyl (C=O) groups is 2. The minimum absolute atomic E-state index is 0.222.